The Morgan fingerprint density at radius 1 is 0.800 bits per heavy atom. The average molecular weight is 563 g/mol. The van der Waals surface area contributed by atoms with E-state index in [4.69, 9.17) is 13.9 Å². The van der Waals surface area contributed by atoms with Crippen LogP contribution in [0.25, 0.3) is 0 Å². The number of nitrogens with one attached hydrogen (secondary N) is 1. The van der Waals surface area contributed by atoms with Crippen molar-refractivity contribution in [1.82, 2.24) is 10.4 Å². The van der Waals surface area contributed by atoms with Gasteiger partial charge in [0.25, 0.3) is 8.32 Å². The summed E-state index contributed by atoms with van der Waals surface area (Å²) in [5.41, 5.74) is 3.47. The maximum absolute atomic E-state index is 13.0. The monoisotopic (exact) mass is 562 g/mol. The van der Waals surface area contributed by atoms with Crippen LogP contribution in [0, 0.1) is 0 Å². The van der Waals surface area contributed by atoms with Gasteiger partial charge in [-0.3, -0.25) is 0 Å². The second kappa shape index (κ2) is 14.7. The number of rotatable bonds is 11. The van der Waals surface area contributed by atoms with Crippen LogP contribution in [0.3, 0.4) is 0 Å². The predicted molar refractivity (Wildman–Crippen MR) is 161 cm³/mol. The van der Waals surface area contributed by atoms with E-state index in [-0.39, 0.29) is 18.3 Å². The van der Waals surface area contributed by atoms with E-state index in [1.165, 1.54) is 15.4 Å². The highest BCUT2D eigenvalue weighted by Crippen LogP contribution is 2.37. The summed E-state index contributed by atoms with van der Waals surface area (Å²) in [6, 6.07) is 30.1. The summed E-state index contributed by atoms with van der Waals surface area (Å²) in [4.78, 5) is 25.4. The topological polar surface area (TPSA) is 77.1 Å². The van der Waals surface area contributed by atoms with Crippen molar-refractivity contribution in [3.05, 3.63) is 96.6 Å². The quantitative estimate of drug-likeness (QED) is 0.171. The first kappa shape index (κ1) is 30.9. The maximum Gasteiger partial charge on any atom is 0.429 e. The Morgan fingerprint density at radius 2 is 1.30 bits per heavy atom. The molecule has 3 rings (SSSR count). The fourth-order valence-electron chi connectivity index (χ4n) is 5.09. The van der Waals surface area contributed by atoms with Gasteiger partial charge in [0.2, 0.25) is 0 Å². The molecule has 3 aromatic rings. The van der Waals surface area contributed by atoms with Crippen molar-refractivity contribution in [2.45, 2.75) is 58.5 Å². The Bertz CT molecular complexity index is 1150. The highest BCUT2D eigenvalue weighted by atomic mass is 28.4. The van der Waals surface area contributed by atoms with Gasteiger partial charge in [-0.1, -0.05) is 112 Å². The lowest BCUT2D eigenvalue weighted by Crippen LogP contribution is -2.66. The molecule has 0 aliphatic carbocycles. The number of amides is 2. The number of benzene rings is 3. The molecule has 0 spiro atoms. The molecule has 0 saturated carbocycles. The molecule has 1 N–H and O–H groups in total. The van der Waals surface area contributed by atoms with Crippen molar-refractivity contribution in [1.29, 1.82) is 0 Å². The van der Waals surface area contributed by atoms with E-state index in [9.17, 15) is 9.59 Å². The summed E-state index contributed by atoms with van der Waals surface area (Å²) in [5, 5.41) is 3.52. The molecule has 2 amide bonds. The van der Waals surface area contributed by atoms with Crippen LogP contribution in [0.2, 0.25) is 5.04 Å². The third-order valence-corrected chi connectivity index (χ3v) is 11.8. The number of hydrazine groups is 1. The van der Waals surface area contributed by atoms with E-state index in [1.807, 2.05) is 42.5 Å². The Labute approximate surface area is 239 Å². The fourth-order valence-corrected chi connectivity index (χ4v) is 9.70. The van der Waals surface area contributed by atoms with Gasteiger partial charge in [-0.25, -0.2) is 20.0 Å². The second-order valence-electron chi connectivity index (χ2n) is 10.5. The van der Waals surface area contributed by atoms with Gasteiger partial charge in [0.15, 0.2) is 0 Å². The van der Waals surface area contributed by atoms with Gasteiger partial charge < -0.3 is 13.9 Å². The Kier molecular flexibility index (Phi) is 11.3. The van der Waals surface area contributed by atoms with Gasteiger partial charge in [-0.15, -0.1) is 0 Å². The number of nitrogens with zero attached hydrogens (tertiary/aromatic N) is 1. The van der Waals surface area contributed by atoms with Gasteiger partial charge in [0, 0.05) is 6.61 Å². The van der Waals surface area contributed by atoms with Crippen LogP contribution in [0.1, 0.15) is 59.1 Å². The first-order valence-corrected chi connectivity index (χ1v) is 15.8. The molecule has 8 heteroatoms. The lowest BCUT2D eigenvalue weighted by atomic mass is 10.0. The number of carbonyl (C=O) groups excluding carboxylic acids is 2. The Balaban J connectivity index is 1.91. The smallest absolute Gasteiger partial charge is 0.429 e. The summed E-state index contributed by atoms with van der Waals surface area (Å²) < 4.78 is 17.4. The molecule has 0 radical (unpaired) electrons. The number of hydrogen-bond donors (Lipinski definition) is 1. The highest BCUT2D eigenvalue weighted by Gasteiger charge is 2.50. The van der Waals surface area contributed by atoms with Crippen LogP contribution in [0.4, 0.5) is 9.59 Å². The summed E-state index contributed by atoms with van der Waals surface area (Å²) in [6.45, 7) is 11.0. The molecule has 7 nitrogen and oxygen atoms in total. The molecule has 0 saturated heterocycles. The normalized spacial score (nSPS) is 12.3. The van der Waals surface area contributed by atoms with Gasteiger partial charge in [-0.2, -0.15) is 0 Å². The first-order valence-electron chi connectivity index (χ1n) is 13.9. The molecule has 0 heterocycles. The maximum atomic E-state index is 13.0. The van der Waals surface area contributed by atoms with Crippen molar-refractivity contribution in [3.63, 3.8) is 0 Å². The molecule has 0 aromatic heterocycles. The zero-order valence-electron chi connectivity index (χ0n) is 24.3. The number of hydrogen-bond acceptors (Lipinski definition) is 5. The molecule has 40 heavy (non-hydrogen) atoms. The van der Waals surface area contributed by atoms with Crippen LogP contribution in [-0.2, 0) is 13.9 Å². The average Bonchev–Trinajstić information content (AvgIpc) is 2.95. The molecular weight excluding hydrogens is 520 g/mol. The van der Waals surface area contributed by atoms with Crippen molar-refractivity contribution < 1.29 is 23.5 Å². The van der Waals surface area contributed by atoms with E-state index in [0.717, 1.165) is 5.56 Å². The minimum absolute atomic E-state index is 0.142. The SMILES string of the molecule is CCOC(=O)NN(C(=O)OCC)C(CCCO[Si](c1ccccc1)(c1ccccc1)C(C)(C)C)c1ccccc1. The second-order valence-corrected chi connectivity index (χ2v) is 14.8. The van der Waals surface area contributed by atoms with E-state index >= 15 is 0 Å². The van der Waals surface area contributed by atoms with Crippen molar-refractivity contribution >= 4 is 30.9 Å². The van der Waals surface area contributed by atoms with Crippen LogP contribution in [0.5, 0.6) is 0 Å². The standard InChI is InChI=1S/C32H42N2O5Si/c1-6-37-30(35)33-34(31(36)38-7-2)29(26-18-11-8-12-19-26)24-17-25-39-40(32(3,4)5,27-20-13-9-14-21-27)28-22-15-10-16-23-28/h8-16,18-23,29H,6-7,17,24-25H2,1-5H3,(H,33,35). The van der Waals surface area contributed by atoms with Crippen LogP contribution in [0.15, 0.2) is 91.0 Å². The number of carbonyl (C=O) groups is 2. The van der Waals surface area contributed by atoms with Crippen molar-refractivity contribution in [2.24, 2.45) is 0 Å². The molecule has 214 valence electrons. The molecule has 0 fully saturated rings. The molecule has 0 aliphatic heterocycles. The van der Waals surface area contributed by atoms with E-state index < -0.39 is 26.5 Å². The molecule has 0 bridgehead atoms. The highest BCUT2D eigenvalue weighted by molar-refractivity contribution is 6.99. The van der Waals surface area contributed by atoms with Crippen molar-refractivity contribution in [3.8, 4) is 0 Å². The summed E-state index contributed by atoms with van der Waals surface area (Å²) in [6.07, 6.45) is -0.171. The summed E-state index contributed by atoms with van der Waals surface area (Å²) in [7, 11) is -2.69. The van der Waals surface area contributed by atoms with E-state index in [1.54, 1.807) is 13.8 Å². The third kappa shape index (κ3) is 7.52. The lowest BCUT2D eigenvalue weighted by Gasteiger charge is -2.43. The minimum Gasteiger partial charge on any atom is -0.449 e. The lowest BCUT2D eigenvalue weighted by molar-refractivity contribution is 0.0512. The molecule has 1 atom stereocenters. The van der Waals surface area contributed by atoms with Gasteiger partial charge in [-0.05, 0) is 47.7 Å². The zero-order chi connectivity index (χ0) is 29.0. The number of ether oxygens (including phenoxy) is 2. The largest absolute Gasteiger partial charge is 0.449 e. The van der Waals surface area contributed by atoms with Crippen molar-refractivity contribution in [2.75, 3.05) is 19.8 Å². The first-order chi connectivity index (χ1) is 19.2. The van der Waals surface area contributed by atoms with Crippen LogP contribution in [-0.4, -0.2) is 45.3 Å². The molecule has 3 aromatic carbocycles. The van der Waals surface area contributed by atoms with Gasteiger partial charge in [0.1, 0.15) is 0 Å². The Morgan fingerprint density at radius 3 is 1.77 bits per heavy atom. The predicted octanol–water partition coefficient (Wildman–Crippen LogP) is 6.20. The minimum atomic E-state index is -2.69. The molecular formula is C32H42N2O5Si. The molecule has 0 aliphatic rings. The molecule has 1 unspecified atom stereocenters. The third-order valence-electron chi connectivity index (χ3n) is 6.80. The van der Waals surface area contributed by atoms with Gasteiger partial charge >= 0.3 is 12.2 Å². The van der Waals surface area contributed by atoms with Crippen LogP contribution < -0.4 is 15.8 Å². The fraction of sp³-hybridized carbons (Fsp3) is 0.375. The summed E-state index contributed by atoms with van der Waals surface area (Å²) >= 11 is 0. The Hall–Kier alpha value is -3.62. The van der Waals surface area contributed by atoms with E-state index in [0.29, 0.717) is 19.4 Å². The van der Waals surface area contributed by atoms with Gasteiger partial charge in [0.05, 0.1) is 19.3 Å². The van der Waals surface area contributed by atoms with Crippen LogP contribution >= 0.6 is 0 Å². The summed E-state index contributed by atoms with van der Waals surface area (Å²) in [5.74, 6) is 0. The van der Waals surface area contributed by atoms with E-state index in [2.05, 4.69) is 74.7 Å². The zero-order valence-corrected chi connectivity index (χ0v) is 25.3.